The van der Waals surface area contributed by atoms with E-state index in [-0.39, 0.29) is 10.3 Å². The number of sulfonamides is 1. The van der Waals surface area contributed by atoms with Gasteiger partial charge in [0.25, 0.3) is 0 Å². The molecule has 0 unspecified atom stereocenters. The number of terminal acetylenes is 1. The molecule has 204 valence electrons. The van der Waals surface area contributed by atoms with E-state index in [0.717, 1.165) is 21.7 Å². The molecule has 0 radical (unpaired) electrons. The molecule has 2 N–H and O–H groups in total. The molecule has 0 aliphatic rings. The number of aryl methyl sites for hydroxylation is 1. The van der Waals surface area contributed by atoms with Gasteiger partial charge in [-0.25, -0.2) is 8.42 Å². The molecule has 6 nitrogen and oxygen atoms in total. The van der Waals surface area contributed by atoms with Crippen LogP contribution in [-0.2, 0) is 20.2 Å². The van der Waals surface area contributed by atoms with Gasteiger partial charge in [-0.2, -0.15) is 4.72 Å². The lowest BCUT2D eigenvalue weighted by atomic mass is 9.69. The average Bonchev–Trinajstić information content (AvgIpc) is 2.81. The van der Waals surface area contributed by atoms with Gasteiger partial charge >= 0.3 is 5.97 Å². The van der Waals surface area contributed by atoms with E-state index in [1.165, 1.54) is 13.8 Å². The molecule has 1 atom stereocenters. The third kappa shape index (κ3) is 8.00. The number of hydrogen-bond acceptors (Lipinski definition) is 5. The summed E-state index contributed by atoms with van der Waals surface area (Å²) in [6.07, 6.45) is 9.10. The maximum atomic E-state index is 12.7. The minimum absolute atomic E-state index is 0.0178. The smallest absolute Gasteiger partial charge is 0.321 e. The molecule has 0 aromatic heterocycles. The van der Waals surface area contributed by atoms with Crippen LogP contribution >= 0.6 is 12.2 Å². The Morgan fingerprint density at radius 2 is 1.81 bits per heavy atom. The summed E-state index contributed by atoms with van der Waals surface area (Å²) in [5.74, 6) is 2.29. The van der Waals surface area contributed by atoms with Crippen molar-refractivity contribution in [2.75, 3.05) is 6.61 Å². The van der Waals surface area contributed by atoms with Crippen LogP contribution < -0.4 is 9.46 Å². The molecule has 0 saturated heterocycles. The van der Waals surface area contributed by atoms with Crippen LogP contribution in [0.2, 0.25) is 0 Å². The van der Waals surface area contributed by atoms with Gasteiger partial charge in [0.05, 0.1) is 4.91 Å². The second kappa shape index (κ2) is 12.9. The number of nitrogens with one attached hydrogen (secondary N) is 1. The van der Waals surface area contributed by atoms with Crippen molar-refractivity contribution in [3.8, 4) is 18.1 Å². The lowest BCUT2D eigenvalue weighted by molar-refractivity contribution is -0.138. The fraction of sp³-hybridized carbons (Fsp3) is 0.517. The van der Waals surface area contributed by atoms with Crippen molar-refractivity contribution in [2.24, 2.45) is 5.41 Å². The van der Waals surface area contributed by atoms with Crippen molar-refractivity contribution in [3.05, 3.63) is 51.5 Å². The number of rotatable bonds is 12. The highest BCUT2D eigenvalue weighted by atomic mass is 32.2. The fourth-order valence-corrected chi connectivity index (χ4v) is 5.17. The Morgan fingerprint density at radius 1 is 1.24 bits per heavy atom. The van der Waals surface area contributed by atoms with E-state index in [9.17, 15) is 13.2 Å². The van der Waals surface area contributed by atoms with Crippen molar-refractivity contribution < 1.29 is 23.1 Å². The summed E-state index contributed by atoms with van der Waals surface area (Å²) >= 11 is 5.49. The highest BCUT2D eigenvalue weighted by Gasteiger charge is 2.33. The van der Waals surface area contributed by atoms with E-state index in [4.69, 9.17) is 28.5 Å². The number of carboxylic acid groups (broad SMARTS) is 1. The van der Waals surface area contributed by atoms with Crippen LogP contribution in [0.4, 0.5) is 0 Å². The Bertz CT molecular complexity index is 1220. The minimum atomic E-state index is -4.01. The monoisotopic (exact) mass is 547 g/mol. The number of ether oxygens (including phenoxy) is 1. The zero-order chi connectivity index (χ0) is 28.8. The molecule has 0 fully saturated rings. The normalized spacial score (nSPS) is 14.4. The average molecular weight is 548 g/mol. The standard InChI is InChI=1S/C29H41NO5S2/c1-11-23(16-19(4)22(7)37(33,34)30-21(6)27(31)32)29(12-2,13-3)24-14-15-25(20(5)17-24)35-18-26(36)28(8,9)10/h1,14-17,21,30H,12-13,18H2,2-10H3,(H,31,32)/b22-19+,23-16+/t21-/m1/s1. The first-order valence-electron chi connectivity index (χ1n) is 12.3. The molecule has 1 aromatic carbocycles. The molecular formula is C29H41NO5S2. The summed E-state index contributed by atoms with van der Waals surface area (Å²) in [7, 11) is -4.01. The zero-order valence-corrected chi connectivity index (χ0v) is 25.1. The number of benzene rings is 1. The molecule has 1 rings (SSSR count). The molecule has 1 aromatic rings. The topological polar surface area (TPSA) is 92.7 Å². The van der Waals surface area contributed by atoms with Gasteiger partial charge in [-0.15, -0.1) is 6.42 Å². The summed E-state index contributed by atoms with van der Waals surface area (Å²) in [6, 6.07) is 4.74. The summed E-state index contributed by atoms with van der Waals surface area (Å²) in [6.45, 7) is 17.0. The van der Waals surface area contributed by atoms with Gasteiger partial charge in [-0.05, 0) is 74.8 Å². The highest BCUT2D eigenvalue weighted by Crippen LogP contribution is 2.41. The largest absolute Gasteiger partial charge is 0.488 e. The van der Waals surface area contributed by atoms with E-state index < -0.39 is 27.4 Å². The molecular weight excluding hydrogens is 506 g/mol. The maximum absolute atomic E-state index is 12.7. The molecule has 8 heteroatoms. The van der Waals surface area contributed by atoms with Gasteiger partial charge in [-0.3, -0.25) is 4.79 Å². The van der Waals surface area contributed by atoms with E-state index >= 15 is 0 Å². The molecule has 37 heavy (non-hydrogen) atoms. The number of allylic oxidation sites excluding steroid dienone is 4. The van der Waals surface area contributed by atoms with E-state index in [2.05, 4.69) is 51.3 Å². The minimum Gasteiger partial charge on any atom is -0.488 e. The van der Waals surface area contributed by atoms with Crippen LogP contribution in [0.5, 0.6) is 5.75 Å². The quantitative estimate of drug-likeness (QED) is 0.187. The fourth-order valence-electron chi connectivity index (χ4n) is 3.88. The van der Waals surface area contributed by atoms with Crippen molar-refractivity contribution in [2.45, 2.75) is 86.6 Å². The van der Waals surface area contributed by atoms with E-state index in [1.54, 1.807) is 13.0 Å². The first-order valence-corrected chi connectivity index (χ1v) is 14.2. The van der Waals surface area contributed by atoms with Gasteiger partial charge in [0.2, 0.25) is 10.0 Å². The molecule has 0 saturated carbocycles. The Labute approximate surface area is 228 Å². The highest BCUT2D eigenvalue weighted by molar-refractivity contribution is 7.93. The van der Waals surface area contributed by atoms with Crippen LogP contribution in [0.25, 0.3) is 0 Å². The maximum Gasteiger partial charge on any atom is 0.321 e. The predicted octanol–water partition coefficient (Wildman–Crippen LogP) is 6.09. The molecule has 0 aliphatic carbocycles. The summed E-state index contributed by atoms with van der Waals surface area (Å²) in [5.41, 5.74) is 2.42. The number of thiocarbonyl (C=S) groups is 1. The second-order valence-electron chi connectivity index (χ2n) is 10.4. The first-order chi connectivity index (χ1) is 17.0. The zero-order valence-electron chi connectivity index (χ0n) is 23.5. The Hall–Kier alpha value is -2.47. The van der Waals surface area contributed by atoms with Gasteiger partial charge in [0.1, 0.15) is 18.4 Å². The number of carbonyl (C=O) groups is 1. The van der Waals surface area contributed by atoms with Crippen LogP contribution in [0.15, 0.2) is 40.3 Å². The van der Waals surface area contributed by atoms with Gasteiger partial charge in [0.15, 0.2) is 0 Å². The summed E-state index contributed by atoms with van der Waals surface area (Å²) < 4.78 is 33.7. The van der Waals surface area contributed by atoms with Crippen molar-refractivity contribution in [3.63, 3.8) is 0 Å². The van der Waals surface area contributed by atoms with Gasteiger partial charge < -0.3 is 9.84 Å². The predicted molar refractivity (Wildman–Crippen MR) is 155 cm³/mol. The summed E-state index contributed by atoms with van der Waals surface area (Å²) in [4.78, 5) is 12.0. The third-order valence-electron chi connectivity index (χ3n) is 6.82. The van der Waals surface area contributed by atoms with Crippen molar-refractivity contribution >= 4 is 33.1 Å². The van der Waals surface area contributed by atoms with E-state index in [1.807, 2.05) is 19.1 Å². The first kappa shape index (κ1) is 32.6. The van der Waals surface area contributed by atoms with Crippen molar-refractivity contribution in [1.29, 1.82) is 0 Å². The summed E-state index contributed by atoms with van der Waals surface area (Å²) in [5, 5.41) is 9.09. The third-order valence-corrected chi connectivity index (χ3v) is 9.34. The number of carboxylic acids is 1. The Morgan fingerprint density at radius 3 is 2.24 bits per heavy atom. The van der Waals surface area contributed by atoms with Crippen LogP contribution in [0, 0.1) is 24.7 Å². The molecule has 0 spiro atoms. The van der Waals surface area contributed by atoms with Gasteiger partial charge in [0, 0.05) is 15.9 Å². The number of hydrogen-bond donors (Lipinski definition) is 2. The van der Waals surface area contributed by atoms with Gasteiger partial charge in [-0.1, -0.05) is 64.9 Å². The van der Waals surface area contributed by atoms with Crippen molar-refractivity contribution in [1.82, 2.24) is 4.72 Å². The molecule has 0 amide bonds. The van der Waals surface area contributed by atoms with E-state index in [0.29, 0.717) is 30.6 Å². The number of aliphatic carboxylic acids is 1. The lowest BCUT2D eigenvalue weighted by Crippen LogP contribution is -2.38. The lowest BCUT2D eigenvalue weighted by Gasteiger charge is -2.34. The SMILES string of the molecule is C#C/C(=C\C(C)=C(/C)S(=O)(=O)N[C@H](C)C(=O)O)C(CC)(CC)c1ccc(OCC(=S)C(C)(C)C)c(C)c1. The Balaban J connectivity index is 3.50. The van der Waals surface area contributed by atoms with Crippen LogP contribution in [0.3, 0.4) is 0 Å². The van der Waals surface area contributed by atoms with Crippen LogP contribution in [0.1, 0.15) is 79.4 Å². The molecule has 0 heterocycles. The second-order valence-corrected chi connectivity index (χ2v) is 12.7. The Kier molecular flexibility index (Phi) is 11.3. The molecule has 0 bridgehead atoms. The molecule has 0 aliphatic heterocycles. The van der Waals surface area contributed by atoms with Crippen LogP contribution in [-0.4, -0.2) is 37.0 Å².